The fraction of sp³-hybridized carbons (Fsp3) is 0.314. The molecule has 0 bridgehead atoms. The number of rotatable bonds is 4. The number of halogens is 5. The molecule has 2 aliphatic heterocycles. The summed E-state index contributed by atoms with van der Waals surface area (Å²) in [5.74, 6) is -8.91. The summed E-state index contributed by atoms with van der Waals surface area (Å²) >= 11 is 12.7. The molecule has 0 spiro atoms. The lowest BCUT2D eigenvalue weighted by Crippen LogP contribution is -2.43. The summed E-state index contributed by atoms with van der Waals surface area (Å²) in [6, 6.07) is 12.6. The number of alkyl halides is 3. The van der Waals surface area contributed by atoms with E-state index >= 15 is 0 Å². The molecule has 0 aromatic heterocycles. The number of ether oxygens (including phenoxy) is 1. The Morgan fingerprint density at radius 1 is 0.750 bits per heavy atom. The van der Waals surface area contributed by atoms with Crippen LogP contribution in [0.2, 0.25) is 10.0 Å². The van der Waals surface area contributed by atoms with Gasteiger partial charge in [-0.2, -0.15) is 0 Å². The van der Waals surface area contributed by atoms with Crippen LogP contribution in [0, 0.1) is 43.4 Å². The van der Waals surface area contributed by atoms with Gasteiger partial charge in [-0.15, -0.1) is 13.2 Å². The normalized spacial score (nSPS) is 26.8. The summed E-state index contributed by atoms with van der Waals surface area (Å²) in [6.45, 7) is 3.54. The summed E-state index contributed by atoms with van der Waals surface area (Å²) in [5, 5.41) is 11.8. The van der Waals surface area contributed by atoms with Crippen LogP contribution in [0.5, 0.6) is 11.5 Å². The van der Waals surface area contributed by atoms with Gasteiger partial charge >= 0.3 is 6.36 Å². The van der Waals surface area contributed by atoms with Gasteiger partial charge in [0.2, 0.25) is 23.6 Å². The fourth-order valence-electron chi connectivity index (χ4n) is 7.87. The van der Waals surface area contributed by atoms with E-state index in [0.29, 0.717) is 26.9 Å². The summed E-state index contributed by atoms with van der Waals surface area (Å²) < 4.78 is 44.0. The molecule has 48 heavy (non-hydrogen) atoms. The van der Waals surface area contributed by atoms with Crippen LogP contribution in [0.4, 0.5) is 24.5 Å². The highest BCUT2D eigenvalue weighted by Crippen LogP contribution is 2.59. The van der Waals surface area contributed by atoms with Gasteiger partial charge in [0, 0.05) is 21.5 Å². The largest absolute Gasteiger partial charge is 0.573 e. The van der Waals surface area contributed by atoms with Crippen LogP contribution in [-0.2, 0) is 19.2 Å². The van der Waals surface area contributed by atoms with E-state index in [1.165, 1.54) is 12.1 Å². The van der Waals surface area contributed by atoms with E-state index in [0.717, 1.165) is 33.6 Å². The molecule has 4 amide bonds. The maximum Gasteiger partial charge on any atom is 0.573 e. The minimum absolute atomic E-state index is 0.0237. The molecule has 4 aliphatic rings. The number of phenols is 1. The Kier molecular flexibility index (Phi) is 7.63. The van der Waals surface area contributed by atoms with Crippen LogP contribution >= 0.6 is 23.2 Å². The highest BCUT2D eigenvalue weighted by Gasteiger charge is 2.62. The first-order valence-electron chi connectivity index (χ1n) is 15.2. The van der Waals surface area contributed by atoms with Crippen molar-refractivity contribution in [2.45, 2.75) is 39.0 Å². The number of carbonyl (C=O) groups is 4. The number of nitrogens with zero attached hydrogens (tertiary/aromatic N) is 2. The molecular weight excluding hydrogens is 672 g/mol. The van der Waals surface area contributed by atoms with Gasteiger partial charge in [0.25, 0.3) is 0 Å². The first kappa shape index (κ1) is 32.2. The second-order valence-corrected chi connectivity index (χ2v) is 13.5. The maximum absolute atomic E-state index is 14.3. The monoisotopic (exact) mass is 698 g/mol. The van der Waals surface area contributed by atoms with E-state index in [1.54, 1.807) is 44.2 Å². The Morgan fingerprint density at radius 3 is 1.88 bits per heavy atom. The van der Waals surface area contributed by atoms with Gasteiger partial charge in [-0.25, -0.2) is 9.80 Å². The first-order chi connectivity index (χ1) is 22.7. The molecule has 7 rings (SSSR count). The number of benzene rings is 3. The van der Waals surface area contributed by atoms with Crippen LogP contribution in [0.1, 0.15) is 35.4 Å². The number of amides is 4. The molecule has 8 nitrogen and oxygen atoms in total. The maximum atomic E-state index is 14.3. The number of carbonyl (C=O) groups excluding carboxylic acids is 4. The molecule has 0 radical (unpaired) electrons. The van der Waals surface area contributed by atoms with Crippen molar-refractivity contribution in [2.24, 2.45) is 29.6 Å². The number of phenolic OH excluding ortho intramolecular Hbond substituents is 1. The van der Waals surface area contributed by atoms with Crippen molar-refractivity contribution in [2.75, 3.05) is 9.80 Å². The van der Waals surface area contributed by atoms with E-state index in [4.69, 9.17) is 23.2 Å². The predicted molar refractivity (Wildman–Crippen MR) is 170 cm³/mol. The van der Waals surface area contributed by atoms with Gasteiger partial charge in [0.15, 0.2) is 0 Å². The van der Waals surface area contributed by atoms with Gasteiger partial charge in [-0.1, -0.05) is 47.0 Å². The second-order valence-electron chi connectivity index (χ2n) is 12.7. The molecule has 6 atom stereocenters. The quantitative estimate of drug-likeness (QED) is 0.227. The van der Waals surface area contributed by atoms with Crippen LogP contribution in [0.3, 0.4) is 0 Å². The molecule has 6 unspecified atom stereocenters. The minimum Gasteiger partial charge on any atom is -0.508 e. The Hall–Kier alpha value is -4.35. The second kappa shape index (κ2) is 11.4. The topological polar surface area (TPSA) is 104 Å². The minimum atomic E-state index is -5.04. The van der Waals surface area contributed by atoms with Crippen molar-refractivity contribution in [3.63, 3.8) is 0 Å². The van der Waals surface area contributed by atoms with Crippen molar-refractivity contribution < 1.29 is 42.2 Å². The Morgan fingerprint density at radius 2 is 1.31 bits per heavy atom. The molecule has 13 heteroatoms. The summed E-state index contributed by atoms with van der Waals surface area (Å²) in [7, 11) is 0. The van der Waals surface area contributed by atoms with Crippen molar-refractivity contribution in [1.82, 2.24) is 0 Å². The lowest BCUT2D eigenvalue weighted by molar-refractivity contribution is -0.274. The zero-order chi connectivity index (χ0) is 34.4. The molecule has 1 saturated carbocycles. The summed E-state index contributed by atoms with van der Waals surface area (Å²) in [5.41, 5.74) is 2.41. The van der Waals surface area contributed by atoms with Crippen LogP contribution in [-0.4, -0.2) is 35.1 Å². The third-order valence-electron chi connectivity index (χ3n) is 10.0. The van der Waals surface area contributed by atoms with E-state index in [1.807, 2.05) is 0 Å². The van der Waals surface area contributed by atoms with Gasteiger partial charge in [-0.3, -0.25) is 19.2 Å². The molecule has 248 valence electrons. The van der Waals surface area contributed by atoms with Crippen molar-refractivity contribution in [1.29, 1.82) is 0 Å². The number of hydrogen-bond donors (Lipinski definition) is 1. The van der Waals surface area contributed by atoms with E-state index in [-0.39, 0.29) is 24.1 Å². The van der Waals surface area contributed by atoms with Gasteiger partial charge in [0.1, 0.15) is 11.5 Å². The summed E-state index contributed by atoms with van der Waals surface area (Å²) in [6.07, 6.45) is -3.19. The number of fused-ring (bicyclic) bond motifs is 4. The zero-order valence-corrected chi connectivity index (χ0v) is 26.9. The Labute approximate surface area is 282 Å². The predicted octanol–water partition coefficient (Wildman–Crippen LogP) is 7.26. The molecule has 2 aliphatic carbocycles. The van der Waals surface area contributed by atoms with E-state index in [2.05, 4.69) is 4.74 Å². The van der Waals surface area contributed by atoms with E-state index in [9.17, 15) is 37.5 Å². The smallest absolute Gasteiger partial charge is 0.508 e. The molecule has 3 fully saturated rings. The highest BCUT2D eigenvalue weighted by atomic mass is 35.5. The zero-order valence-electron chi connectivity index (χ0n) is 25.4. The third kappa shape index (κ3) is 5.06. The molecule has 3 aromatic rings. The standard InChI is InChI=1S/C35H27Cl2F3N2O6/c1-15-3-5-17(11-25(15)36)41-31(44)21-9-8-20-22(29(21)33(41)46)14-24-30(28(20)23-13-19(7-10-27(23)43)48-35(38,39)40)34(47)42(32(24)45)18-6-4-16(2)26(37)12-18/h3-8,10-13,21-22,24,28-30,43H,9,14H2,1-2H3. The SMILES string of the molecule is Cc1ccc(N2C(=O)C3CC=C4C(CC5C(=O)N(c6ccc(C)c(Cl)c6)C(=O)C5C4c4cc(OC(F)(F)F)ccc4O)C3C2=O)cc1Cl. The molecule has 2 heterocycles. The fourth-order valence-corrected chi connectivity index (χ4v) is 8.22. The van der Waals surface area contributed by atoms with Gasteiger partial charge in [-0.05, 0) is 86.2 Å². The highest BCUT2D eigenvalue weighted by molar-refractivity contribution is 6.33. The van der Waals surface area contributed by atoms with Crippen molar-refractivity contribution in [3.8, 4) is 11.5 Å². The number of imide groups is 2. The van der Waals surface area contributed by atoms with Crippen LogP contribution in [0.25, 0.3) is 0 Å². The summed E-state index contributed by atoms with van der Waals surface area (Å²) in [4.78, 5) is 58.5. The van der Waals surface area contributed by atoms with Gasteiger partial charge < -0.3 is 9.84 Å². The van der Waals surface area contributed by atoms with Crippen molar-refractivity contribution in [3.05, 3.63) is 93.0 Å². The average Bonchev–Trinajstić information content (AvgIpc) is 3.43. The number of aryl methyl sites for hydroxylation is 2. The number of anilines is 2. The van der Waals surface area contributed by atoms with E-state index < -0.39 is 77.0 Å². The average molecular weight is 700 g/mol. The van der Waals surface area contributed by atoms with Crippen LogP contribution in [0.15, 0.2) is 66.2 Å². The number of aromatic hydroxyl groups is 1. The number of allylic oxidation sites excluding steroid dienone is 2. The third-order valence-corrected chi connectivity index (χ3v) is 10.9. The molecule has 2 saturated heterocycles. The molecule has 1 N–H and O–H groups in total. The lowest BCUT2D eigenvalue weighted by Gasteiger charge is -2.44. The Bertz CT molecular complexity index is 1960. The number of hydrogen-bond acceptors (Lipinski definition) is 6. The molecular formula is C35H27Cl2F3N2O6. The van der Waals surface area contributed by atoms with Crippen LogP contribution < -0.4 is 14.5 Å². The first-order valence-corrected chi connectivity index (χ1v) is 16.0. The molecule has 3 aromatic carbocycles. The van der Waals surface area contributed by atoms with Crippen molar-refractivity contribution >= 4 is 58.2 Å². The Balaban J connectivity index is 1.36. The lowest BCUT2D eigenvalue weighted by atomic mass is 9.57. The van der Waals surface area contributed by atoms with Gasteiger partial charge in [0.05, 0.1) is 35.0 Å².